The molecule has 0 bridgehead atoms. The Labute approximate surface area is 331 Å². The van der Waals surface area contributed by atoms with Crippen molar-refractivity contribution in [1.29, 1.82) is 0 Å². The van der Waals surface area contributed by atoms with Crippen LogP contribution in [-0.2, 0) is 17.9 Å². The number of amides is 4. The number of aliphatic imine (C=N–C) groups is 1. The van der Waals surface area contributed by atoms with Crippen LogP contribution in [0.15, 0.2) is 65.7 Å². The van der Waals surface area contributed by atoms with Gasteiger partial charge >= 0.3 is 12.1 Å². The van der Waals surface area contributed by atoms with E-state index in [0.717, 1.165) is 123 Å². The van der Waals surface area contributed by atoms with E-state index >= 15 is 0 Å². The predicted molar refractivity (Wildman–Crippen MR) is 224 cm³/mol. The molecule has 0 atom stereocenters. The number of isocyanates is 1. The second kappa shape index (κ2) is 31.8. The summed E-state index contributed by atoms with van der Waals surface area (Å²) in [4.78, 5) is 40.3. The third-order valence-corrected chi connectivity index (χ3v) is 9.20. The van der Waals surface area contributed by atoms with Crippen molar-refractivity contribution < 1.29 is 14.4 Å². The van der Waals surface area contributed by atoms with Gasteiger partial charge in [0.25, 0.3) is 0 Å². The van der Waals surface area contributed by atoms with E-state index < -0.39 is 0 Å². The molecular formula is C41H70ClN9O3. The van der Waals surface area contributed by atoms with E-state index in [1.807, 2.05) is 13.8 Å². The summed E-state index contributed by atoms with van der Waals surface area (Å²) in [6.45, 7) is 16.7. The molecule has 3 saturated heterocycles. The maximum absolute atomic E-state index is 11.6. The van der Waals surface area contributed by atoms with Crippen LogP contribution in [-0.4, -0.2) is 105 Å². The average Bonchev–Trinajstić information content (AvgIpc) is 3.19. The second-order valence-electron chi connectivity index (χ2n) is 13.9. The number of nitrogens with two attached hydrogens (primary N) is 1. The number of urea groups is 2. The largest absolute Gasteiger partial charge is 0.338 e. The van der Waals surface area contributed by atoms with Crippen LogP contribution in [0.3, 0.4) is 0 Å². The van der Waals surface area contributed by atoms with Crippen LogP contribution < -0.4 is 32.3 Å². The summed E-state index contributed by atoms with van der Waals surface area (Å²) in [7, 11) is 0. The first kappa shape index (κ1) is 48.5. The Bertz CT molecular complexity index is 1250. The number of nitrogens with one attached hydrogen (secondary N) is 5. The molecule has 12 nitrogen and oxygen atoms in total. The lowest BCUT2D eigenvalue weighted by atomic mass is 10.0. The Morgan fingerprint density at radius 2 is 1.13 bits per heavy atom. The summed E-state index contributed by atoms with van der Waals surface area (Å²) in [5, 5.41) is 15.0. The lowest BCUT2D eigenvalue weighted by Gasteiger charge is -2.32. The van der Waals surface area contributed by atoms with Gasteiger partial charge < -0.3 is 32.3 Å². The highest BCUT2D eigenvalue weighted by Gasteiger charge is 2.20. The van der Waals surface area contributed by atoms with Crippen molar-refractivity contribution in [2.45, 2.75) is 110 Å². The number of hydrogen-bond donors (Lipinski definition) is 6. The maximum atomic E-state index is 11.6. The quantitative estimate of drug-likeness (QED) is 0.122. The minimum atomic E-state index is -0.0200. The zero-order valence-corrected chi connectivity index (χ0v) is 34.0. The zero-order valence-electron chi connectivity index (χ0n) is 33.2. The van der Waals surface area contributed by atoms with E-state index in [0.29, 0.717) is 24.7 Å². The van der Waals surface area contributed by atoms with Crippen LogP contribution in [0.25, 0.3) is 0 Å². The van der Waals surface area contributed by atoms with Gasteiger partial charge in [-0.3, -0.25) is 9.80 Å². The average molecular weight is 773 g/mol. The van der Waals surface area contributed by atoms with Gasteiger partial charge in [-0.1, -0.05) is 81.4 Å². The van der Waals surface area contributed by atoms with Gasteiger partial charge in [0.2, 0.25) is 6.08 Å². The molecule has 7 N–H and O–H groups in total. The van der Waals surface area contributed by atoms with Gasteiger partial charge in [-0.15, -0.1) is 12.4 Å². The molecule has 0 saturated carbocycles. The molecule has 2 aromatic rings. The Kier molecular flexibility index (Phi) is 28.6. The highest BCUT2D eigenvalue weighted by Crippen LogP contribution is 2.14. The van der Waals surface area contributed by atoms with Gasteiger partial charge in [0.15, 0.2) is 0 Å². The molecule has 5 rings (SSSR count). The molecule has 304 valence electrons. The Balaban J connectivity index is 0.000000382. The third-order valence-electron chi connectivity index (χ3n) is 9.20. The molecule has 2 aromatic carbocycles. The second-order valence-corrected chi connectivity index (χ2v) is 13.9. The monoisotopic (exact) mass is 772 g/mol. The maximum Gasteiger partial charge on any atom is 0.315 e. The molecule has 0 radical (unpaired) electrons. The summed E-state index contributed by atoms with van der Waals surface area (Å²) in [6, 6.07) is 22.3. The molecule has 54 heavy (non-hydrogen) atoms. The van der Waals surface area contributed by atoms with Crippen molar-refractivity contribution in [3.8, 4) is 0 Å². The number of benzene rings is 2. The first-order valence-corrected chi connectivity index (χ1v) is 20.0. The molecule has 0 spiro atoms. The highest BCUT2D eigenvalue weighted by molar-refractivity contribution is 5.85. The highest BCUT2D eigenvalue weighted by atomic mass is 35.5. The number of likely N-dealkylation sites (tertiary alicyclic amines) is 2. The first-order chi connectivity index (χ1) is 25.9. The Morgan fingerprint density at radius 1 is 0.704 bits per heavy atom. The molecule has 0 aliphatic carbocycles. The lowest BCUT2D eigenvalue weighted by Crippen LogP contribution is -2.47. The molecular weight excluding hydrogens is 702 g/mol. The molecule has 0 unspecified atom stereocenters. The molecule has 3 aliphatic heterocycles. The van der Waals surface area contributed by atoms with Gasteiger partial charge in [-0.05, 0) is 95.1 Å². The van der Waals surface area contributed by atoms with Crippen LogP contribution >= 0.6 is 12.4 Å². The Morgan fingerprint density at radius 3 is 1.52 bits per heavy atom. The predicted octanol–water partition coefficient (Wildman–Crippen LogP) is 5.57. The molecule has 3 heterocycles. The first-order valence-electron chi connectivity index (χ1n) is 20.0. The van der Waals surface area contributed by atoms with E-state index in [-0.39, 0.29) is 24.5 Å². The van der Waals surface area contributed by atoms with Gasteiger partial charge in [0, 0.05) is 57.4 Å². The summed E-state index contributed by atoms with van der Waals surface area (Å²) in [5.74, 6) is 0. The molecule has 3 aliphatic rings. The van der Waals surface area contributed by atoms with Crippen LogP contribution in [0.4, 0.5) is 9.59 Å². The summed E-state index contributed by atoms with van der Waals surface area (Å²) in [5.41, 5.74) is 8.63. The van der Waals surface area contributed by atoms with Crippen molar-refractivity contribution >= 4 is 30.5 Å². The van der Waals surface area contributed by atoms with E-state index in [4.69, 9.17) is 5.73 Å². The number of carbonyl (C=O) groups excluding carboxylic acids is 3. The number of halogens is 1. The van der Waals surface area contributed by atoms with E-state index in [9.17, 15) is 14.4 Å². The van der Waals surface area contributed by atoms with Crippen LogP contribution in [0, 0.1) is 0 Å². The van der Waals surface area contributed by atoms with Crippen LogP contribution in [0.5, 0.6) is 0 Å². The number of carbonyl (C=O) groups is 2. The topological polar surface area (TPSA) is 156 Å². The molecule has 4 amide bonds. The molecule has 13 heteroatoms. The molecule has 3 fully saturated rings. The van der Waals surface area contributed by atoms with Crippen molar-refractivity contribution in [2.24, 2.45) is 10.7 Å². The number of hydrogen-bond acceptors (Lipinski definition) is 8. The van der Waals surface area contributed by atoms with Gasteiger partial charge in [0.1, 0.15) is 0 Å². The van der Waals surface area contributed by atoms with Crippen LogP contribution in [0.1, 0.15) is 89.7 Å². The normalized spacial score (nSPS) is 16.5. The number of nitrogens with zero attached hydrogens (tertiary/aromatic N) is 3. The SMILES string of the molecule is CCCN=C=O.CCCNC(=O)NC1CCN(Cc2ccccc2)CC1.CCCNC(=O)NC1CCNCC1.Cl.NC1CCN(Cc2ccccc2)CC1. The fourth-order valence-corrected chi connectivity index (χ4v) is 6.10. The van der Waals surface area contributed by atoms with Crippen molar-refractivity contribution in [3.63, 3.8) is 0 Å². The van der Waals surface area contributed by atoms with E-state index in [1.54, 1.807) is 0 Å². The summed E-state index contributed by atoms with van der Waals surface area (Å²) < 4.78 is 0. The van der Waals surface area contributed by atoms with Crippen molar-refractivity contribution in [1.82, 2.24) is 36.4 Å². The van der Waals surface area contributed by atoms with E-state index in [1.165, 1.54) is 17.2 Å². The standard InChI is InChI=1S/C16H25N3O.C12H18N2.C9H19N3O.C4H7NO.ClH/c1-2-10-17-16(20)18-15-8-11-19(12-9-15)13-14-6-4-3-5-7-14;13-12-6-8-14(9-7-12)10-11-4-2-1-3-5-11;1-2-5-11-9(13)12-8-3-6-10-7-4-8;1-2-3-5-4-6;/h3-7,15H,2,8-13H2,1H3,(H2,17,18,20);1-5,12H,6-10,13H2;8,10H,2-7H2,1H3,(H2,11,12,13);2-3H2,1H3;1H. The number of rotatable bonds is 12. The van der Waals surface area contributed by atoms with Gasteiger partial charge in [-0.25, -0.2) is 19.4 Å². The minimum absolute atomic E-state index is 0. The lowest BCUT2D eigenvalue weighted by molar-refractivity contribution is 0.186. The van der Waals surface area contributed by atoms with Crippen molar-refractivity contribution in [3.05, 3.63) is 71.8 Å². The van der Waals surface area contributed by atoms with Crippen LogP contribution in [0.2, 0.25) is 0 Å². The smallest absolute Gasteiger partial charge is 0.315 e. The third kappa shape index (κ3) is 24.0. The molecule has 0 aromatic heterocycles. The number of piperidine rings is 3. The zero-order chi connectivity index (χ0) is 38.4. The summed E-state index contributed by atoms with van der Waals surface area (Å²) >= 11 is 0. The van der Waals surface area contributed by atoms with Crippen molar-refractivity contribution in [2.75, 3.05) is 58.9 Å². The summed E-state index contributed by atoms with van der Waals surface area (Å²) in [6.07, 6.45) is 10.8. The fourth-order valence-electron chi connectivity index (χ4n) is 6.10. The van der Waals surface area contributed by atoms with Gasteiger partial charge in [0.05, 0.1) is 6.54 Å². The van der Waals surface area contributed by atoms with Gasteiger partial charge in [-0.2, -0.15) is 0 Å². The fraction of sp³-hybridized carbons (Fsp3) is 0.634. The van der Waals surface area contributed by atoms with E-state index in [2.05, 4.69) is 109 Å². The minimum Gasteiger partial charge on any atom is -0.338 e. The Hall–Kier alpha value is -3.51.